The Balaban J connectivity index is 2.77. The predicted octanol–water partition coefficient (Wildman–Crippen LogP) is 3.56. The van der Waals surface area contributed by atoms with E-state index in [-0.39, 0.29) is 18.1 Å². The third-order valence-corrected chi connectivity index (χ3v) is 4.12. The maximum absolute atomic E-state index is 12.7. The van der Waals surface area contributed by atoms with Gasteiger partial charge in [0.25, 0.3) is 5.56 Å². The van der Waals surface area contributed by atoms with Crippen molar-refractivity contribution in [1.82, 2.24) is 4.57 Å². The second-order valence-electron chi connectivity index (χ2n) is 5.70. The molecule has 2 aromatic rings. The number of nitrogens with zero attached hydrogens (tertiary/aromatic N) is 1. The van der Waals surface area contributed by atoms with Gasteiger partial charge in [-0.25, -0.2) is 0 Å². The summed E-state index contributed by atoms with van der Waals surface area (Å²) >= 11 is 0. The van der Waals surface area contributed by atoms with E-state index in [1.807, 2.05) is 16.7 Å². The molecule has 2 rings (SSSR count). The highest BCUT2D eigenvalue weighted by atomic mass is 16.1. The SMILES string of the molecule is CCC(C)n1c(-c2cc(C)ccc2C)ccc(CN)c1=O. The molecule has 0 saturated carbocycles. The molecule has 0 spiro atoms. The van der Waals surface area contributed by atoms with Crippen LogP contribution in [0.3, 0.4) is 0 Å². The van der Waals surface area contributed by atoms with Gasteiger partial charge < -0.3 is 10.3 Å². The highest BCUT2D eigenvalue weighted by Gasteiger charge is 2.15. The van der Waals surface area contributed by atoms with Crippen LogP contribution in [0.25, 0.3) is 11.3 Å². The highest BCUT2D eigenvalue weighted by Crippen LogP contribution is 2.26. The number of benzene rings is 1. The maximum Gasteiger partial charge on any atom is 0.255 e. The minimum absolute atomic E-state index is 0.0326. The Hall–Kier alpha value is -1.87. The third-order valence-electron chi connectivity index (χ3n) is 4.12. The summed E-state index contributed by atoms with van der Waals surface area (Å²) in [5.74, 6) is 0. The van der Waals surface area contributed by atoms with Crippen molar-refractivity contribution < 1.29 is 0 Å². The molecule has 0 aliphatic heterocycles. The quantitative estimate of drug-likeness (QED) is 0.933. The first kappa shape index (κ1) is 15.5. The molecular formula is C18H24N2O. The van der Waals surface area contributed by atoms with Crippen molar-refractivity contribution >= 4 is 0 Å². The van der Waals surface area contributed by atoms with E-state index in [0.29, 0.717) is 5.56 Å². The van der Waals surface area contributed by atoms with Crippen LogP contribution in [0.5, 0.6) is 0 Å². The lowest BCUT2D eigenvalue weighted by molar-refractivity contribution is 0.516. The molecular weight excluding hydrogens is 260 g/mol. The molecule has 0 bridgehead atoms. The smallest absolute Gasteiger partial charge is 0.255 e. The van der Waals surface area contributed by atoms with Gasteiger partial charge >= 0.3 is 0 Å². The second kappa shape index (κ2) is 6.27. The van der Waals surface area contributed by atoms with Crippen LogP contribution in [0.2, 0.25) is 0 Å². The lowest BCUT2D eigenvalue weighted by Crippen LogP contribution is -2.28. The predicted molar refractivity (Wildman–Crippen MR) is 88.5 cm³/mol. The zero-order valence-corrected chi connectivity index (χ0v) is 13.3. The van der Waals surface area contributed by atoms with Gasteiger partial charge in [-0.05, 0) is 44.9 Å². The van der Waals surface area contributed by atoms with Gasteiger partial charge in [-0.3, -0.25) is 4.79 Å². The van der Waals surface area contributed by atoms with Crippen molar-refractivity contribution in [1.29, 1.82) is 0 Å². The minimum Gasteiger partial charge on any atom is -0.326 e. The lowest BCUT2D eigenvalue weighted by Gasteiger charge is -2.21. The van der Waals surface area contributed by atoms with E-state index in [0.717, 1.165) is 17.7 Å². The molecule has 3 heteroatoms. The van der Waals surface area contributed by atoms with Crippen LogP contribution in [-0.4, -0.2) is 4.57 Å². The van der Waals surface area contributed by atoms with Crippen molar-refractivity contribution in [2.45, 2.75) is 46.7 Å². The maximum atomic E-state index is 12.7. The average Bonchev–Trinajstić information content (AvgIpc) is 2.48. The summed E-state index contributed by atoms with van der Waals surface area (Å²) in [6, 6.07) is 10.4. The summed E-state index contributed by atoms with van der Waals surface area (Å²) in [5.41, 5.74) is 10.9. The summed E-state index contributed by atoms with van der Waals surface area (Å²) in [5, 5.41) is 0. The number of hydrogen-bond acceptors (Lipinski definition) is 2. The summed E-state index contributed by atoms with van der Waals surface area (Å²) in [7, 11) is 0. The van der Waals surface area contributed by atoms with E-state index in [9.17, 15) is 4.79 Å². The van der Waals surface area contributed by atoms with E-state index < -0.39 is 0 Å². The molecule has 0 radical (unpaired) electrons. The fraction of sp³-hybridized carbons (Fsp3) is 0.389. The fourth-order valence-corrected chi connectivity index (χ4v) is 2.60. The summed E-state index contributed by atoms with van der Waals surface area (Å²) < 4.78 is 1.89. The minimum atomic E-state index is 0.0326. The lowest BCUT2D eigenvalue weighted by atomic mass is 10.0. The zero-order chi connectivity index (χ0) is 15.6. The number of aromatic nitrogens is 1. The van der Waals surface area contributed by atoms with E-state index in [1.54, 1.807) is 0 Å². The summed E-state index contributed by atoms with van der Waals surface area (Å²) in [4.78, 5) is 12.7. The van der Waals surface area contributed by atoms with Crippen molar-refractivity contribution in [2.24, 2.45) is 5.73 Å². The molecule has 1 aromatic heterocycles. The highest BCUT2D eigenvalue weighted by molar-refractivity contribution is 5.65. The molecule has 1 atom stereocenters. The fourth-order valence-electron chi connectivity index (χ4n) is 2.60. The largest absolute Gasteiger partial charge is 0.326 e. The van der Waals surface area contributed by atoms with Crippen molar-refractivity contribution in [3.63, 3.8) is 0 Å². The number of aryl methyl sites for hydroxylation is 2. The standard InChI is InChI=1S/C18H24N2O/c1-5-14(4)20-17(9-8-15(11-19)18(20)21)16-10-12(2)6-7-13(16)3/h6-10,14H,5,11,19H2,1-4H3. The van der Waals surface area contributed by atoms with Gasteiger partial charge in [0.15, 0.2) is 0 Å². The average molecular weight is 284 g/mol. The molecule has 1 unspecified atom stereocenters. The number of rotatable bonds is 4. The Morgan fingerprint density at radius 2 is 1.90 bits per heavy atom. The first-order chi connectivity index (χ1) is 9.99. The molecule has 112 valence electrons. The Bertz CT molecular complexity index is 701. The molecule has 2 N–H and O–H groups in total. The van der Waals surface area contributed by atoms with Gasteiger partial charge in [-0.1, -0.05) is 30.7 Å². The molecule has 0 amide bonds. The number of pyridine rings is 1. The van der Waals surface area contributed by atoms with Crippen LogP contribution >= 0.6 is 0 Å². The van der Waals surface area contributed by atoms with Crippen molar-refractivity contribution in [3.8, 4) is 11.3 Å². The number of nitrogens with two attached hydrogens (primary N) is 1. The van der Waals surface area contributed by atoms with Crippen molar-refractivity contribution in [3.05, 3.63) is 57.4 Å². The molecule has 0 aliphatic rings. The Labute approximate surface area is 126 Å². The Morgan fingerprint density at radius 1 is 1.19 bits per heavy atom. The van der Waals surface area contributed by atoms with E-state index in [1.165, 1.54) is 11.1 Å². The zero-order valence-electron chi connectivity index (χ0n) is 13.3. The molecule has 21 heavy (non-hydrogen) atoms. The Morgan fingerprint density at radius 3 is 2.52 bits per heavy atom. The van der Waals surface area contributed by atoms with Crippen LogP contribution in [0.1, 0.15) is 43.0 Å². The summed E-state index contributed by atoms with van der Waals surface area (Å²) in [6.45, 7) is 8.61. The van der Waals surface area contributed by atoms with Crippen LogP contribution in [-0.2, 0) is 6.54 Å². The van der Waals surface area contributed by atoms with Gasteiger partial charge in [0.05, 0.1) is 5.69 Å². The molecule has 3 nitrogen and oxygen atoms in total. The van der Waals surface area contributed by atoms with Gasteiger partial charge in [-0.2, -0.15) is 0 Å². The second-order valence-corrected chi connectivity index (χ2v) is 5.70. The summed E-state index contributed by atoms with van der Waals surface area (Å²) in [6.07, 6.45) is 0.909. The first-order valence-electron chi connectivity index (χ1n) is 7.51. The monoisotopic (exact) mass is 284 g/mol. The molecule has 0 aliphatic carbocycles. The Kier molecular flexibility index (Phi) is 4.63. The van der Waals surface area contributed by atoms with E-state index >= 15 is 0 Å². The van der Waals surface area contributed by atoms with Crippen LogP contribution in [0.4, 0.5) is 0 Å². The first-order valence-corrected chi connectivity index (χ1v) is 7.51. The number of hydrogen-bond donors (Lipinski definition) is 1. The topological polar surface area (TPSA) is 48.0 Å². The van der Waals surface area contributed by atoms with Crippen molar-refractivity contribution in [2.75, 3.05) is 0 Å². The van der Waals surface area contributed by atoms with E-state index in [4.69, 9.17) is 5.73 Å². The van der Waals surface area contributed by atoms with E-state index in [2.05, 4.69) is 45.9 Å². The van der Waals surface area contributed by atoms with Gasteiger partial charge in [0, 0.05) is 23.7 Å². The van der Waals surface area contributed by atoms with Crippen LogP contribution < -0.4 is 11.3 Å². The third kappa shape index (κ3) is 2.93. The molecule has 0 saturated heterocycles. The van der Waals surface area contributed by atoms with Gasteiger partial charge in [-0.15, -0.1) is 0 Å². The molecule has 1 heterocycles. The normalized spacial score (nSPS) is 12.4. The van der Waals surface area contributed by atoms with Crippen LogP contribution in [0.15, 0.2) is 35.1 Å². The van der Waals surface area contributed by atoms with Gasteiger partial charge in [0.1, 0.15) is 0 Å². The molecule has 1 aromatic carbocycles. The van der Waals surface area contributed by atoms with Crippen LogP contribution in [0, 0.1) is 13.8 Å². The van der Waals surface area contributed by atoms with Gasteiger partial charge in [0.2, 0.25) is 0 Å². The molecule has 0 fully saturated rings.